The number of hydrogen-bond acceptors (Lipinski definition) is 1. The number of nitrogens with zero attached hydrogens (tertiary/aromatic N) is 1. The predicted octanol–water partition coefficient (Wildman–Crippen LogP) is 1.94. The van der Waals surface area contributed by atoms with Crippen LogP contribution in [0.1, 0.15) is 17.8 Å². The molecule has 0 aromatic carbocycles. The number of fused-ring (bicyclic) bond motifs is 1. The number of allylic oxidation sites excluding steroid dienone is 1. The maximum atomic E-state index is 5.81. The number of H-pyrrole nitrogens is 1. The summed E-state index contributed by atoms with van der Waals surface area (Å²) < 4.78 is 0. The van der Waals surface area contributed by atoms with Gasteiger partial charge in [0.25, 0.3) is 0 Å². The van der Waals surface area contributed by atoms with Crippen LogP contribution in [-0.4, -0.2) is 9.97 Å². The number of aromatic nitrogens is 2. The molecule has 0 saturated carbocycles. The predicted molar refractivity (Wildman–Crippen MR) is 40.7 cm³/mol. The molecule has 1 heterocycles. The Labute approximate surface area is 63.9 Å². The van der Waals surface area contributed by atoms with Crippen molar-refractivity contribution in [2.45, 2.75) is 12.8 Å². The van der Waals surface area contributed by atoms with E-state index in [1.54, 1.807) is 6.33 Å². The van der Waals surface area contributed by atoms with E-state index < -0.39 is 0 Å². The Morgan fingerprint density at radius 2 is 2.40 bits per heavy atom. The molecule has 2 rings (SSSR count). The summed E-state index contributed by atoms with van der Waals surface area (Å²) in [5, 5.41) is 0.902. The van der Waals surface area contributed by atoms with Crippen LogP contribution in [0.25, 0.3) is 6.08 Å². The second-order valence-corrected chi connectivity index (χ2v) is 2.84. The minimum absolute atomic E-state index is 0.902. The van der Waals surface area contributed by atoms with Gasteiger partial charge in [0.05, 0.1) is 12.0 Å². The largest absolute Gasteiger partial charge is 0.348 e. The Kier molecular flexibility index (Phi) is 1.27. The van der Waals surface area contributed by atoms with E-state index in [0.717, 1.165) is 23.6 Å². The van der Waals surface area contributed by atoms with Crippen molar-refractivity contribution < 1.29 is 0 Å². The van der Waals surface area contributed by atoms with Crippen LogP contribution in [0.5, 0.6) is 0 Å². The molecule has 0 amide bonds. The highest BCUT2D eigenvalue weighted by Crippen LogP contribution is 2.22. The summed E-state index contributed by atoms with van der Waals surface area (Å²) in [6.07, 6.45) is 5.55. The maximum Gasteiger partial charge on any atom is 0.0929 e. The SMILES string of the molecule is ClC1=Cc2nc[nH]c2CC1. The fourth-order valence-electron chi connectivity index (χ4n) is 1.12. The fourth-order valence-corrected chi connectivity index (χ4v) is 1.32. The Bertz CT molecular complexity index is 275. The fraction of sp³-hybridized carbons (Fsp3) is 0.286. The average Bonchev–Trinajstić information content (AvgIpc) is 2.33. The van der Waals surface area contributed by atoms with E-state index in [9.17, 15) is 0 Å². The third-order valence-corrected chi connectivity index (χ3v) is 1.96. The molecule has 1 aliphatic rings. The summed E-state index contributed by atoms with van der Waals surface area (Å²) in [6.45, 7) is 0. The van der Waals surface area contributed by atoms with Crippen molar-refractivity contribution in [3.8, 4) is 0 Å². The number of hydrogen-bond donors (Lipinski definition) is 1. The molecule has 0 spiro atoms. The van der Waals surface area contributed by atoms with Crippen LogP contribution >= 0.6 is 11.6 Å². The van der Waals surface area contributed by atoms with Gasteiger partial charge in [-0.25, -0.2) is 4.98 Å². The summed E-state index contributed by atoms with van der Waals surface area (Å²) >= 11 is 5.81. The molecular weight excluding hydrogens is 148 g/mol. The van der Waals surface area contributed by atoms with E-state index in [-0.39, 0.29) is 0 Å². The number of aromatic amines is 1. The number of halogens is 1. The van der Waals surface area contributed by atoms with Crippen molar-refractivity contribution in [2.75, 3.05) is 0 Å². The van der Waals surface area contributed by atoms with Crippen molar-refractivity contribution in [3.63, 3.8) is 0 Å². The molecule has 0 bridgehead atoms. The van der Waals surface area contributed by atoms with Gasteiger partial charge >= 0.3 is 0 Å². The molecule has 3 heteroatoms. The number of nitrogens with one attached hydrogen (secondary N) is 1. The Morgan fingerprint density at radius 1 is 1.50 bits per heavy atom. The van der Waals surface area contributed by atoms with Crippen molar-refractivity contribution in [1.82, 2.24) is 9.97 Å². The van der Waals surface area contributed by atoms with Gasteiger partial charge in [-0.1, -0.05) is 11.6 Å². The first-order valence-corrected chi connectivity index (χ1v) is 3.62. The molecular formula is C7H7ClN2. The summed E-state index contributed by atoms with van der Waals surface area (Å²) in [5.41, 5.74) is 2.20. The normalized spacial score (nSPS) is 16.3. The van der Waals surface area contributed by atoms with Crippen LogP contribution in [0.3, 0.4) is 0 Å². The van der Waals surface area contributed by atoms with Gasteiger partial charge in [-0.05, 0) is 18.9 Å². The van der Waals surface area contributed by atoms with Crippen LogP contribution in [0.2, 0.25) is 0 Å². The second kappa shape index (κ2) is 2.13. The van der Waals surface area contributed by atoms with E-state index in [1.807, 2.05) is 6.08 Å². The molecule has 0 radical (unpaired) electrons. The zero-order chi connectivity index (χ0) is 6.97. The highest BCUT2D eigenvalue weighted by molar-refractivity contribution is 6.31. The number of imidazole rings is 1. The van der Waals surface area contributed by atoms with E-state index in [0.29, 0.717) is 0 Å². The molecule has 1 N–H and O–H groups in total. The van der Waals surface area contributed by atoms with Crippen molar-refractivity contribution in [1.29, 1.82) is 0 Å². The van der Waals surface area contributed by atoms with Crippen molar-refractivity contribution >= 4 is 17.7 Å². The van der Waals surface area contributed by atoms with Crippen molar-refractivity contribution in [3.05, 3.63) is 22.7 Å². The minimum atomic E-state index is 0.902. The molecule has 10 heavy (non-hydrogen) atoms. The molecule has 0 saturated heterocycles. The van der Waals surface area contributed by atoms with E-state index in [1.165, 1.54) is 5.69 Å². The molecule has 0 aliphatic heterocycles. The molecule has 0 atom stereocenters. The summed E-state index contributed by atoms with van der Waals surface area (Å²) in [4.78, 5) is 7.15. The van der Waals surface area contributed by atoms with Crippen LogP contribution in [0, 0.1) is 0 Å². The monoisotopic (exact) mass is 154 g/mol. The molecule has 1 aromatic heterocycles. The summed E-state index contributed by atoms with van der Waals surface area (Å²) in [6, 6.07) is 0. The zero-order valence-corrected chi connectivity index (χ0v) is 6.15. The molecule has 2 nitrogen and oxygen atoms in total. The Balaban J connectivity index is 2.50. The van der Waals surface area contributed by atoms with Crippen LogP contribution < -0.4 is 0 Å². The highest BCUT2D eigenvalue weighted by atomic mass is 35.5. The summed E-state index contributed by atoms with van der Waals surface area (Å²) in [5.74, 6) is 0. The molecule has 1 aliphatic carbocycles. The van der Waals surface area contributed by atoms with E-state index in [4.69, 9.17) is 11.6 Å². The minimum Gasteiger partial charge on any atom is -0.348 e. The lowest BCUT2D eigenvalue weighted by molar-refractivity contribution is 0.931. The average molecular weight is 155 g/mol. The van der Waals surface area contributed by atoms with Gasteiger partial charge in [0.2, 0.25) is 0 Å². The third-order valence-electron chi connectivity index (χ3n) is 1.66. The summed E-state index contributed by atoms with van der Waals surface area (Å²) in [7, 11) is 0. The van der Waals surface area contributed by atoms with Crippen LogP contribution in [0.15, 0.2) is 11.4 Å². The highest BCUT2D eigenvalue weighted by Gasteiger charge is 2.09. The zero-order valence-electron chi connectivity index (χ0n) is 5.39. The van der Waals surface area contributed by atoms with Gasteiger partial charge in [-0.2, -0.15) is 0 Å². The van der Waals surface area contributed by atoms with Gasteiger partial charge in [0.1, 0.15) is 0 Å². The Morgan fingerprint density at radius 3 is 3.30 bits per heavy atom. The Hall–Kier alpha value is -0.760. The van der Waals surface area contributed by atoms with Gasteiger partial charge in [-0.3, -0.25) is 0 Å². The lowest BCUT2D eigenvalue weighted by Gasteiger charge is -2.04. The van der Waals surface area contributed by atoms with E-state index >= 15 is 0 Å². The van der Waals surface area contributed by atoms with E-state index in [2.05, 4.69) is 9.97 Å². The molecule has 0 fully saturated rings. The van der Waals surface area contributed by atoms with Gasteiger partial charge < -0.3 is 4.98 Å². The number of aryl methyl sites for hydroxylation is 1. The first kappa shape index (κ1) is 5.98. The standard InChI is InChI=1S/C7H7ClN2/c8-5-1-2-6-7(3-5)10-4-9-6/h3-4H,1-2H2,(H,9,10). The topological polar surface area (TPSA) is 28.7 Å². The van der Waals surface area contributed by atoms with Crippen molar-refractivity contribution in [2.24, 2.45) is 0 Å². The lowest BCUT2D eigenvalue weighted by atomic mass is 10.1. The van der Waals surface area contributed by atoms with Crippen LogP contribution in [-0.2, 0) is 6.42 Å². The van der Waals surface area contributed by atoms with Gasteiger partial charge in [-0.15, -0.1) is 0 Å². The molecule has 52 valence electrons. The first-order chi connectivity index (χ1) is 4.86. The third kappa shape index (κ3) is 0.847. The van der Waals surface area contributed by atoms with Gasteiger partial charge in [0, 0.05) is 10.7 Å². The van der Waals surface area contributed by atoms with Gasteiger partial charge in [0.15, 0.2) is 0 Å². The second-order valence-electron chi connectivity index (χ2n) is 2.36. The smallest absolute Gasteiger partial charge is 0.0929 e. The lowest BCUT2D eigenvalue weighted by Crippen LogP contribution is -1.94. The molecule has 1 aromatic rings. The maximum absolute atomic E-state index is 5.81. The number of rotatable bonds is 0. The quantitative estimate of drug-likeness (QED) is 0.608. The first-order valence-electron chi connectivity index (χ1n) is 3.24. The molecule has 0 unspecified atom stereocenters. The van der Waals surface area contributed by atoms with Crippen LogP contribution in [0.4, 0.5) is 0 Å².